The monoisotopic (exact) mass is 278 g/mol. The molecule has 0 N–H and O–H groups in total. The Bertz CT molecular complexity index is 553. The van der Waals surface area contributed by atoms with Gasteiger partial charge in [-0.25, -0.2) is 0 Å². The van der Waals surface area contributed by atoms with Gasteiger partial charge in [-0.3, -0.25) is 4.79 Å². The molecule has 19 heavy (non-hydrogen) atoms. The Morgan fingerprint density at radius 3 is 2.26 bits per heavy atom. The van der Waals surface area contributed by atoms with Crippen molar-refractivity contribution in [1.82, 2.24) is 0 Å². The molecule has 104 valence electrons. The second-order valence-corrected chi connectivity index (χ2v) is 11.2. The smallest absolute Gasteiger partial charge is 0.321 e. The third kappa shape index (κ3) is 2.29. The summed E-state index contributed by atoms with van der Waals surface area (Å²) in [5.74, 6) is 1.42. The summed E-state index contributed by atoms with van der Waals surface area (Å²) in [6.07, 6.45) is 0. The number of rotatable bonds is 2. The van der Waals surface area contributed by atoms with E-state index in [1.807, 2.05) is 33.8 Å². The highest BCUT2D eigenvalue weighted by Gasteiger charge is 2.43. The minimum Gasteiger partial charge on any atom is -0.544 e. The van der Waals surface area contributed by atoms with Crippen LogP contribution in [0.3, 0.4) is 0 Å². The summed E-state index contributed by atoms with van der Waals surface area (Å²) >= 11 is 0. The molecule has 0 aliphatic carbocycles. The zero-order valence-corrected chi connectivity index (χ0v) is 13.8. The fourth-order valence-electron chi connectivity index (χ4n) is 2.22. The summed E-state index contributed by atoms with van der Waals surface area (Å²) < 4.78 is 11.6. The highest BCUT2D eigenvalue weighted by atomic mass is 28.4. The lowest BCUT2D eigenvalue weighted by atomic mass is 9.84. The van der Waals surface area contributed by atoms with Gasteiger partial charge < -0.3 is 9.16 Å². The van der Waals surface area contributed by atoms with Crippen LogP contribution in [-0.2, 0) is 10.2 Å². The molecule has 1 aliphatic heterocycles. The van der Waals surface area contributed by atoms with Gasteiger partial charge in [-0.2, -0.15) is 0 Å². The van der Waals surface area contributed by atoms with Crippen LogP contribution in [0.25, 0.3) is 0 Å². The fraction of sp³-hybridized carbons (Fsp3) is 0.533. The van der Waals surface area contributed by atoms with Crippen LogP contribution in [0.15, 0.2) is 6.07 Å². The molecule has 4 heteroatoms. The van der Waals surface area contributed by atoms with Crippen LogP contribution in [0.4, 0.5) is 0 Å². The number of fused-ring (bicyclic) bond motifs is 1. The molecule has 0 saturated carbocycles. The van der Waals surface area contributed by atoms with Crippen molar-refractivity contribution in [2.75, 3.05) is 0 Å². The molecule has 0 saturated heterocycles. The summed E-state index contributed by atoms with van der Waals surface area (Å²) in [7, 11) is -1.67. The van der Waals surface area contributed by atoms with Crippen LogP contribution in [0.1, 0.15) is 30.5 Å². The molecule has 1 aliphatic rings. The Labute approximate surface area is 116 Å². The first kappa shape index (κ1) is 14.1. The lowest BCUT2D eigenvalue weighted by Crippen LogP contribution is -2.30. The van der Waals surface area contributed by atoms with Crippen molar-refractivity contribution in [2.45, 2.75) is 52.8 Å². The number of ether oxygens (including phenoxy) is 1. The summed E-state index contributed by atoms with van der Waals surface area (Å²) in [6.45, 7) is 14.3. The maximum atomic E-state index is 12.0. The summed E-state index contributed by atoms with van der Waals surface area (Å²) in [4.78, 5) is 12.0. The van der Waals surface area contributed by atoms with Crippen molar-refractivity contribution in [3.63, 3.8) is 0 Å². The van der Waals surface area contributed by atoms with Crippen molar-refractivity contribution >= 4 is 14.3 Å². The quantitative estimate of drug-likeness (QED) is 0.470. The molecule has 0 aromatic heterocycles. The van der Waals surface area contributed by atoms with Gasteiger partial charge in [0.15, 0.2) is 0 Å². The lowest BCUT2D eigenvalue weighted by molar-refractivity contribution is -0.137. The number of hydrogen-bond acceptors (Lipinski definition) is 3. The van der Waals surface area contributed by atoms with E-state index in [0.717, 1.165) is 28.2 Å². The van der Waals surface area contributed by atoms with Crippen molar-refractivity contribution in [3.8, 4) is 11.5 Å². The molecule has 0 unspecified atom stereocenters. The van der Waals surface area contributed by atoms with Gasteiger partial charge in [0.1, 0.15) is 11.5 Å². The SMILES string of the molecule is Cc1c(O[Si](C)(C)C)cc2c(c1C)OC(=O)C2(C)C. The molecule has 0 amide bonds. The van der Waals surface area contributed by atoms with E-state index < -0.39 is 13.7 Å². The molecule has 0 fully saturated rings. The summed E-state index contributed by atoms with van der Waals surface area (Å²) in [5.41, 5.74) is 2.41. The van der Waals surface area contributed by atoms with Crippen LogP contribution in [0.2, 0.25) is 19.6 Å². The van der Waals surface area contributed by atoms with Crippen LogP contribution in [0.5, 0.6) is 11.5 Å². The van der Waals surface area contributed by atoms with Gasteiger partial charge in [-0.05, 0) is 64.5 Å². The predicted molar refractivity (Wildman–Crippen MR) is 78.6 cm³/mol. The first-order valence-corrected chi connectivity index (χ1v) is 10.0. The van der Waals surface area contributed by atoms with E-state index in [4.69, 9.17) is 9.16 Å². The van der Waals surface area contributed by atoms with Crippen LogP contribution in [-0.4, -0.2) is 14.3 Å². The highest BCUT2D eigenvalue weighted by molar-refractivity contribution is 6.70. The zero-order chi connectivity index (χ0) is 14.6. The molecule has 1 aromatic rings. The minimum atomic E-state index is -1.67. The maximum absolute atomic E-state index is 12.0. The minimum absolute atomic E-state index is 0.185. The first-order chi connectivity index (χ1) is 8.54. The van der Waals surface area contributed by atoms with Crippen LogP contribution < -0.4 is 9.16 Å². The topological polar surface area (TPSA) is 35.5 Å². The molecule has 0 atom stereocenters. The van der Waals surface area contributed by atoms with Gasteiger partial charge in [0.05, 0.1) is 5.41 Å². The van der Waals surface area contributed by atoms with Crippen LogP contribution >= 0.6 is 0 Å². The Morgan fingerprint density at radius 2 is 1.74 bits per heavy atom. The molecule has 1 heterocycles. The Hall–Kier alpha value is -1.29. The highest BCUT2D eigenvalue weighted by Crippen LogP contribution is 2.45. The molecule has 0 bridgehead atoms. The number of benzene rings is 1. The zero-order valence-electron chi connectivity index (χ0n) is 12.8. The van der Waals surface area contributed by atoms with E-state index >= 15 is 0 Å². The fourth-order valence-corrected chi connectivity index (χ4v) is 3.10. The Kier molecular flexibility index (Phi) is 3.05. The van der Waals surface area contributed by atoms with Gasteiger partial charge in [-0.1, -0.05) is 0 Å². The van der Waals surface area contributed by atoms with Crippen molar-refractivity contribution < 1.29 is 14.0 Å². The van der Waals surface area contributed by atoms with Gasteiger partial charge in [-0.15, -0.1) is 0 Å². The molecular weight excluding hydrogens is 256 g/mol. The van der Waals surface area contributed by atoms with Gasteiger partial charge >= 0.3 is 5.97 Å². The van der Waals surface area contributed by atoms with E-state index in [-0.39, 0.29) is 5.97 Å². The van der Waals surface area contributed by atoms with E-state index in [9.17, 15) is 4.79 Å². The van der Waals surface area contributed by atoms with E-state index in [1.165, 1.54) is 0 Å². The first-order valence-electron chi connectivity index (χ1n) is 6.60. The molecule has 1 aromatic carbocycles. The Balaban J connectivity index is 2.61. The molecule has 3 nitrogen and oxygen atoms in total. The molecule has 0 radical (unpaired) electrons. The molecule has 0 spiro atoms. The average molecular weight is 278 g/mol. The second-order valence-electron chi connectivity index (χ2n) is 6.73. The van der Waals surface area contributed by atoms with E-state index in [0.29, 0.717) is 0 Å². The number of carbonyl (C=O) groups is 1. The third-order valence-corrected chi connectivity index (χ3v) is 4.42. The van der Waals surface area contributed by atoms with E-state index in [2.05, 4.69) is 19.6 Å². The van der Waals surface area contributed by atoms with Crippen molar-refractivity contribution in [2.24, 2.45) is 0 Å². The predicted octanol–water partition coefficient (Wildman–Crippen LogP) is 3.71. The lowest BCUT2D eigenvalue weighted by Gasteiger charge is -2.23. The molecular formula is C15H22O3Si. The standard InChI is InChI=1S/C15H22O3Si/c1-9-10(2)13-11(15(3,4)14(16)17-13)8-12(9)18-19(5,6)7/h8H,1-7H3. The third-order valence-electron chi connectivity index (χ3n) is 3.59. The van der Waals surface area contributed by atoms with Gasteiger partial charge in [0, 0.05) is 5.56 Å². The maximum Gasteiger partial charge on any atom is 0.321 e. The molecule has 2 rings (SSSR count). The van der Waals surface area contributed by atoms with Crippen LogP contribution in [0, 0.1) is 13.8 Å². The van der Waals surface area contributed by atoms with Gasteiger partial charge in [0.2, 0.25) is 8.32 Å². The number of carbonyl (C=O) groups excluding carboxylic acids is 1. The number of esters is 1. The van der Waals surface area contributed by atoms with Gasteiger partial charge in [0.25, 0.3) is 0 Å². The average Bonchev–Trinajstić information content (AvgIpc) is 2.47. The number of hydrogen-bond donors (Lipinski definition) is 0. The van der Waals surface area contributed by atoms with E-state index in [1.54, 1.807) is 0 Å². The summed E-state index contributed by atoms with van der Waals surface area (Å²) in [5, 5.41) is 0. The largest absolute Gasteiger partial charge is 0.544 e. The van der Waals surface area contributed by atoms with Crippen molar-refractivity contribution in [1.29, 1.82) is 0 Å². The van der Waals surface area contributed by atoms with Crippen molar-refractivity contribution in [3.05, 3.63) is 22.8 Å². The second kappa shape index (κ2) is 4.10. The Morgan fingerprint density at radius 1 is 1.16 bits per heavy atom. The summed E-state index contributed by atoms with van der Waals surface area (Å²) in [6, 6.07) is 1.99. The normalized spacial score (nSPS) is 17.1.